The highest BCUT2D eigenvalue weighted by Crippen LogP contribution is 2.17. The van der Waals surface area contributed by atoms with Gasteiger partial charge in [0.2, 0.25) is 0 Å². The summed E-state index contributed by atoms with van der Waals surface area (Å²) in [5.41, 5.74) is 0. The summed E-state index contributed by atoms with van der Waals surface area (Å²) in [6.07, 6.45) is 4.51. The number of likely N-dealkylation sites (N-methyl/N-ethyl adjacent to an activating group) is 1. The fraction of sp³-hybridized carbons (Fsp3) is 0.882. The highest BCUT2D eigenvalue weighted by Gasteiger charge is 2.34. The normalized spacial score (nSPS) is 18.0. The molecule has 1 N–H and O–H groups in total. The molecule has 0 amide bonds. The second kappa shape index (κ2) is 12.5. The summed E-state index contributed by atoms with van der Waals surface area (Å²) in [6, 6.07) is 1.02. The van der Waals surface area contributed by atoms with Crippen molar-refractivity contribution in [3.8, 4) is 0 Å². The molecule has 10 heteroatoms. The summed E-state index contributed by atoms with van der Waals surface area (Å²) in [6.45, 7) is 9.67. The maximum atomic E-state index is 5.85. The van der Waals surface area contributed by atoms with E-state index < -0.39 is 26.6 Å². The van der Waals surface area contributed by atoms with Gasteiger partial charge in [0, 0.05) is 54.6 Å². The van der Waals surface area contributed by atoms with Gasteiger partial charge < -0.3 is 32.8 Å². The quantitative estimate of drug-likeness (QED) is 0.333. The van der Waals surface area contributed by atoms with Gasteiger partial charge >= 0.3 is 17.1 Å². The number of hydrogen-bond donors (Lipinski definition) is 1. The second-order valence-electron chi connectivity index (χ2n) is 7.49. The van der Waals surface area contributed by atoms with Gasteiger partial charge in [0.25, 0.3) is 0 Å². The van der Waals surface area contributed by atoms with Crippen molar-refractivity contribution in [3.05, 3.63) is 11.0 Å². The van der Waals surface area contributed by atoms with Crippen LogP contribution >= 0.6 is 0 Å². The Labute approximate surface area is 170 Å². The van der Waals surface area contributed by atoms with Gasteiger partial charge in [-0.05, 0) is 56.3 Å². The molecule has 1 fully saturated rings. The molecule has 0 bridgehead atoms. The van der Waals surface area contributed by atoms with Crippen molar-refractivity contribution in [2.75, 3.05) is 74.4 Å². The molecule has 0 aliphatic carbocycles. The van der Waals surface area contributed by atoms with Crippen LogP contribution in [0.25, 0.3) is 0 Å². The van der Waals surface area contributed by atoms with E-state index in [-0.39, 0.29) is 0 Å². The van der Waals surface area contributed by atoms with Crippen molar-refractivity contribution in [3.63, 3.8) is 0 Å². The van der Waals surface area contributed by atoms with Crippen LogP contribution in [-0.4, -0.2) is 111 Å². The van der Waals surface area contributed by atoms with E-state index >= 15 is 0 Å². The van der Waals surface area contributed by atoms with E-state index in [0.29, 0.717) is 0 Å². The molecular weight excluding hydrogens is 394 g/mol. The van der Waals surface area contributed by atoms with Crippen LogP contribution < -0.4 is 5.32 Å². The molecule has 1 rings (SSSR count). The van der Waals surface area contributed by atoms with Gasteiger partial charge in [-0.15, -0.1) is 0 Å². The lowest BCUT2D eigenvalue weighted by Crippen LogP contribution is -2.47. The predicted octanol–water partition coefficient (Wildman–Crippen LogP) is 0.450. The van der Waals surface area contributed by atoms with E-state index in [0.717, 1.165) is 51.4 Å². The van der Waals surface area contributed by atoms with Crippen LogP contribution in [0, 0.1) is 0 Å². The van der Waals surface area contributed by atoms with Gasteiger partial charge in [-0.1, -0.05) is 0 Å². The van der Waals surface area contributed by atoms with Crippen LogP contribution in [0.2, 0.25) is 19.1 Å². The summed E-state index contributed by atoms with van der Waals surface area (Å²) in [5, 5.41) is 3.62. The Balaban J connectivity index is 2.53. The lowest BCUT2D eigenvalue weighted by molar-refractivity contribution is 0.197. The molecule has 1 aliphatic heterocycles. The molecule has 7 nitrogen and oxygen atoms in total. The maximum Gasteiger partial charge on any atom is 0.361 e. The Hall–Kier alpha value is -0.0494. The molecule has 27 heavy (non-hydrogen) atoms. The molecule has 0 unspecified atom stereocenters. The first-order chi connectivity index (χ1) is 12.8. The molecule has 0 aromatic heterocycles. The third-order valence-electron chi connectivity index (χ3n) is 5.66. The van der Waals surface area contributed by atoms with Crippen LogP contribution in [0.3, 0.4) is 0 Å². The smallest absolute Gasteiger partial charge is 0.361 e. The van der Waals surface area contributed by atoms with E-state index in [1.54, 1.807) is 28.4 Å². The zero-order valence-corrected chi connectivity index (χ0v) is 21.9. The molecule has 0 radical (unpaired) electrons. The minimum absolute atomic E-state index is 0.476. The number of nitrogens with zero attached hydrogens (tertiary/aromatic N) is 2. The van der Waals surface area contributed by atoms with E-state index in [4.69, 9.17) is 17.7 Å². The molecule has 0 saturated carbocycles. The van der Waals surface area contributed by atoms with Crippen LogP contribution in [0.1, 0.15) is 6.42 Å². The lowest BCUT2D eigenvalue weighted by atomic mass is 10.3. The van der Waals surface area contributed by atoms with Crippen LogP contribution in [0.4, 0.5) is 0 Å². The van der Waals surface area contributed by atoms with Crippen molar-refractivity contribution >= 4 is 26.6 Å². The largest absolute Gasteiger partial charge is 0.398 e. The van der Waals surface area contributed by atoms with Gasteiger partial charge in [0.1, 0.15) is 0 Å². The molecule has 160 valence electrons. The van der Waals surface area contributed by atoms with Crippen LogP contribution in [-0.2, 0) is 17.7 Å². The van der Waals surface area contributed by atoms with E-state index in [9.17, 15) is 0 Å². The van der Waals surface area contributed by atoms with E-state index in [2.05, 4.69) is 41.5 Å². The molecular formula is C17H41N3O4Si3. The summed E-state index contributed by atoms with van der Waals surface area (Å²) in [5.74, 6) is 0. The van der Waals surface area contributed by atoms with Gasteiger partial charge in [-0.25, -0.2) is 0 Å². The molecule has 1 aliphatic rings. The van der Waals surface area contributed by atoms with E-state index in [1.165, 1.54) is 4.82 Å². The van der Waals surface area contributed by atoms with E-state index in [1.807, 2.05) is 0 Å². The molecule has 0 atom stereocenters. The third-order valence-corrected chi connectivity index (χ3v) is 15.5. The fourth-order valence-electron chi connectivity index (χ4n) is 3.10. The summed E-state index contributed by atoms with van der Waals surface area (Å²) >= 11 is 0. The van der Waals surface area contributed by atoms with Crippen molar-refractivity contribution in [2.45, 2.75) is 25.6 Å². The SMILES string of the molecule is CO[Si](C)(CCCNC[SiH2]C(=CN1CCN(C)CC1)[Si](C)(OC)OC)OC. The van der Waals surface area contributed by atoms with Gasteiger partial charge in [0.05, 0.1) is 9.52 Å². The average Bonchev–Trinajstić information content (AvgIpc) is 2.70. The molecule has 0 spiro atoms. The Morgan fingerprint density at radius 3 is 2.11 bits per heavy atom. The molecule has 0 aromatic carbocycles. The zero-order valence-electron chi connectivity index (χ0n) is 18.5. The second-order valence-corrected chi connectivity index (χ2v) is 16.9. The maximum absolute atomic E-state index is 5.85. The summed E-state index contributed by atoms with van der Waals surface area (Å²) in [7, 11) is 4.61. The average molecular weight is 436 g/mol. The first-order valence-corrected chi connectivity index (χ1v) is 16.4. The monoisotopic (exact) mass is 435 g/mol. The fourth-order valence-corrected chi connectivity index (χ4v) is 9.74. The Morgan fingerprint density at radius 1 is 1.00 bits per heavy atom. The zero-order chi connectivity index (χ0) is 20.3. The Morgan fingerprint density at radius 2 is 1.59 bits per heavy atom. The minimum atomic E-state index is -2.24. The topological polar surface area (TPSA) is 55.4 Å². The number of rotatable bonds is 13. The van der Waals surface area contributed by atoms with Crippen LogP contribution in [0.5, 0.6) is 0 Å². The molecule has 0 aromatic rings. The van der Waals surface area contributed by atoms with Gasteiger partial charge in [0.15, 0.2) is 0 Å². The van der Waals surface area contributed by atoms with Crippen LogP contribution in [0.15, 0.2) is 11.0 Å². The summed E-state index contributed by atoms with van der Waals surface area (Å²) in [4.78, 5) is 6.26. The van der Waals surface area contributed by atoms with Gasteiger partial charge in [-0.2, -0.15) is 0 Å². The predicted molar refractivity (Wildman–Crippen MR) is 119 cm³/mol. The highest BCUT2D eigenvalue weighted by atomic mass is 28.4. The molecule has 1 heterocycles. The van der Waals surface area contributed by atoms with Gasteiger partial charge in [-0.3, -0.25) is 0 Å². The third kappa shape index (κ3) is 8.46. The highest BCUT2D eigenvalue weighted by molar-refractivity contribution is 6.86. The standard InChI is InChI=1S/C17H41N3O4Si3/c1-19-10-12-20(13-11-19)15-17(27(7,23-4)24-5)25-16-18-9-8-14-26(6,21-2)22-3/h15,18H,8-14,16,25H2,1-7H3. The first kappa shape index (κ1) is 25.0. The number of piperazine rings is 1. The van der Waals surface area contributed by atoms with Crippen molar-refractivity contribution in [2.24, 2.45) is 0 Å². The number of hydrogen-bond acceptors (Lipinski definition) is 7. The van der Waals surface area contributed by atoms with Crippen molar-refractivity contribution in [1.29, 1.82) is 0 Å². The van der Waals surface area contributed by atoms with Crippen molar-refractivity contribution in [1.82, 2.24) is 15.1 Å². The number of nitrogens with one attached hydrogen (secondary N) is 1. The minimum Gasteiger partial charge on any atom is -0.398 e. The Kier molecular flexibility index (Phi) is 11.6. The summed E-state index contributed by atoms with van der Waals surface area (Å²) < 4.78 is 22.8. The Bertz CT molecular complexity index is 441. The lowest BCUT2D eigenvalue weighted by Gasteiger charge is -2.34. The molecule has 1 saturated heterocycles. The van der Waals surface area contributed by atoms with Crippen molar-refractivity contribution < 1.29 is 17.7 Å². The first-order valence-electron chi connectivity index (χ1n) is 9.87.